The minimum atomic E-state index is -0.359. The number of aliphatic imine (C=N–C) groups is 1. The zero-order valence-electron chi connectivity index (χ0n) is 14.3. The number of nitrogens with zero attached hydrogens (tertiary/aromatic N) is 1. The zero-order valence-corrected chi connectivity index (χ0v) is 17.4. The van der Waals surface area contributed by atoms with Crippen LogP contribution in [0.3, 0.4) is 0 Å². The van der Waals surface area contributed by atoms with Crippen molar-refractivity contribution < 1.29 is 13.9 Å². The molecular formula is C16H24ClFIN3O2. The van der Waals surface area contributed by atoms with Crippen LogP contribution in [0.25, 0.3) is 0 Å². The fourth-order valence-corrected chi connectivity index (χ4v) is 2.47. The van der Waals surface area contributed by atoms with Gasteiger partial charge in [-0.2, -0.15) is 0 Å². The third-order valence-electron chi connectivity index (χ3n) is 3.43. The molecule has 0 fully saturated rings. The van der Waals surface area contributed by atoms with Crippen molar-refractivity contribution in [2.75, 3.05) is 27.2 Å². The normalized spacial score (nSPS) is 11.5. The number of esters is 1. The molecule has 0 heterocycles. The first-order valence-electron chi connectivity index (χ1n) is 7.27. The number of hydrogen-bond donors (Lipinski definition) is 2. The van der Waals surface area contributed by atoms with Crippen molar-refractivity contribution in [2.24, 2.45) is 4.99 Å². The Labute approximate surface area is 164 Å². The molecular weight excluding hydrogens is 448 g/mol. The van der Waals surface area contributed by atoms with Gasteiger partial charge >= 0.3 is 5.97 Å². The molecule has 5 nitrogen and oxygen atoms in total. The summed E-state index contributed by atoms with van der Waals surface area (Å²) in [5.74, 6) is -0.0746. The summed E-state index contributed by atoms with van der Waals surface area (Å²) in [6.07, 6.45) is 0.254. The highest BCUT2D eigenvalue weighted by atomic mass is 127. The van der Waals surface area contributed by atoms with E-state index >= 15 is 0 Å². The molecule has 0 saturated carbocycles. The van der Waals surface area contributed by atoms with E-state index in [2.05, 4.69) is 20.4 Å². The summed E-state index contributed by atoms with van der Waals surface area (Å²) in [5, 5.41) is 6.60. The van der Waals surface area contributed by atoms with Crippen molar-refractivity contribution in [3.05, 3.63) is 34.6 Å². The third-order valence-corrected chi connectivity index (χ3v) is 3.74. The van der Waals surface area contributed by atoms with Crippen LogP contribution in [-0.2, 0) is 14.9 Å². The maximum absolute atomic E-state index is 13.2. The SMILES string of the molecule is CN=C(NCCC(=O)OC)NCC(C)(C)c1ccc(F)cc1Cl.I. The summed E-state index contributed by atoms with van der Waals surface area (Å²) in [5.41, 5.74) is 0.517. The predicted octanol–water partition coefficient (Wildman–Crippen LogP) is 3.10. The number of rotatable bonds is 6. The van der Waals surface area contributed by atoms with Crippen molar-refractivity contribution >= 4 is 47.5 Å². The second-order valence-corrected chi connectivity index (χ2v) is 6.09. The van der Waals surface area contributed by atoms with Crippen molar-refractivity contribution in [2.45, 2.75) is 25.7 Å². The highest BCUT2D eigenvalue weighted by Gasteiger charge is 2.24. The van der Waals surface area contributed by atoms with Crippen LogP contribution in [0.15, 0.2) is 23.2 Å². The molecule has 0 atom stereocenters. The van der Waals surface area contributed by atoms with Gasteiger partial charge in [0.25, 0.3) is 0 Å². The fourth-order valence-electron chi connectivity index (χ4n) is 2.04. The van der Waals surface area contributed by atoms with Crippen LogP contribution in [-0.4, -0.2) is 39.2 Å². The molecule has 0 unspecified atom stereocenters. The van der Waals surface area contributed by atoms with Gasteiger partial charge in [-0.1, -0.05) is 31.5 Å². The molecule has 24 heavy (non-hydrogen) atoms. The van der Waals surface area contributed by atoms with Crippen molar-refractivity contribution in [1.82, 2.24) is 10.6 Å². The summed E-state index contributed by atoms with van der Waals surface area (Å²) in [6.45, 7) is 4.96. The van der Waals surface area contributed by atoms with Gasteiger partial charge in [0.2, 0.25) is 0 Å². The molecule has 2 N–H and O–H groups in total. The number of guanidine groups is 1. The Bertz CT molecular complexity index is 582. The number of ether oxygens (including phenoxy) is 1. The molecule has 1 aromatic carbocycles. The first kappa shape index (κ1) is 22.9. The first-order valence-corrected chi connectivity index (χ1v) is 7.65. The van der Waals surface area contributed by atoms with Crippen LogP contribution in [0, 0.1) is 5.82 Å². The number of hydrogen-bond acceptors (Lipinski definition) is 3. The topological polar surface area (TPSA) is 62.7 Å². The second kappa shape index (κ2) is 10.7. The highest BCUT2D eigenvalue weighted by Crippen LogP contribution is 2.29. The molecule has 1 rings (SSSR count). The predicted molar refractivity (Wildman–Crippen MR) is 106 cm³/mol. The minimum absolute atomic E-state index is 0. The monoisotopic (exact) mass is 471 g/mol. The standard InChI is InChI=1S/C16H23ClFN3O2.HI/c1-16(2,12-6-5-11(18)9-13(12)17)10-21-15(19-3)20-8-7-14(22)23-4;/h5-6,9H,7-8,10H2,1-4H3,(H2,19,20,21);1H. The molecule has 8 heteroatoms. The molecule has 0 saturated heterocycles. The van der Waals surface area contributed by atoms with Crippen LogP contribution in [0.4, 0.5) is 4.39 Å². The van der Waals surface area contributed by atoms with Crippen molar-refractivity contribution in [1.29, 1.82) is 0 Å². The number of halogens is 3. The van der Waals surface area contributed by atoms with Crippen molar-refractivity contribution in [3.8, 4) is 0 Å². The number of nitrogens with one attached hydrogen (secondary N) is 2. The summed E-state index contributed by atoms with van der Waals surface area (Å²) in [7, 11) is 3.00. The minimum Gasteiger partial charge on any atom is -0.469 e. The van der Waals surface area contributed by atoms with Crippen LogP contribution in [0.1, 0.15) is 25.8 Å². The lowest BCUT2D eigenvalue weighted by molar-refractivity contribution is -0.140. The van der Waals surface area contributed by atoms with Gasteiger partial charge in [-0.15, -0.1) is 24.0 Å². The van der Waals surface area contributed by atoms with E-state index in [1.165, 1.54) is 19.2 Å². The Morgan fingerprint density at radius 2 is 2.04 bits per heavy atom. The van der Waals surface area contributed by atoms with E-state index in [-0.39, 0.29) is 47.6 Å². The van der Waals surface area contributed by atoms with E-state index in [4.69, 9.17) is 11.6 Å². The number of carbonyl (C=O) groups is 1. The molecule has 0 aromatic heterocycles. The van der Waals surface area contributed by atoms with Crippen LogP contribution in [0.2, 0.25) is 5.02 Å². The summed E-state index contributed by atoms with van der Waals surface area (Å²) in [6, 6.07) is 4.39. The van der Waals surface area contributed by atoms with Crippen molar-refractivity contribution in [3.63, 3.8) is 0 Å². The molecule has 136 valence electrons. The van der Waals surface area contributed by atoms with Gasteiger partial charge < -0.3 is 15.4 Å². The maximum Gasteiger partial charge on any atom is 0.307 e. The van der Waals surface area contributed by atoms with Gasteiger partial charge in [-0.3, -0.25) is 9.79 Å². The number of carbonyl (C=O) groups excluding carboxylic acids is 1. The van der Waals surface area contributed by atoms with Gasteiger partial charge in [0.15, 0.2) is 5.96 Å². The lowest BCUT2D eigenvalue weighted by Crippen LogP contribution is -2.44. The first-order chi connectivity index (χ1) is 10.8. The van der Waals surface area contributed by atoms with Crippen LogP contribution >= 0.6 is 35.6 Å². The number of methoxy groups -OCH3 is 1. The molecule has 0 aliphatic heterocycles. The molecule has 0 spiro atoms. The average Bonchev–Trinajstić information content (AvgIpc) is 2.49. The van der Waals surface area contributed by atoms with Crippen LogP contribution < -0.4 is 10.6 Å². The van der Waals surface area contributed by atoms with E-state index in [1.54, 1.807) is 13.1 Å². The Hall–Kier alpha value is -1.09. The molecule has 0 aliphatic rings. The van der Waals surface area contributed by atoms with Gasteiger partial charge in [0.1, 0.15) is 5.82 Å². The van der Waals surface area contributed by atoms with E-state index in [1.807, 2.05) is 13.8 Å². The molecule has 0 bridgehead atoms. The lowest BCUT2D eigenvalue weighted by Gasteiger charge is -2.27. The number of benzene rings is 1. The highest BCUT2D eigenvalue weighted by molar-refractivity contribution is 14.0. The van der Waals surface area contributed by atoms with Gasteiger partial charge in [-0.05, 0) is 17.7 Å². The van der Waals surface area contributed by atoms with E-state index in [0.29, 0.717) is 24.1 Å². The Morgan fingerprint density at radius 3 is 2.58 bits per heavy atom. The quantitative estimate of drug-likeness (QED) is 0.290. The molecule has 0 radical (unpaired) electrons. The molecule has 0 aliphatic carbocycles. The Balaban J connectivity index is 0.00000529. The third kappa shape index (κ3) is 7.21. The van der Waals surface area contributed by atoms with Gasteiger partial charge in [0.05, 0.1) is 13.5 Å². The molecule has 1 aromatic rings. The van der Waals surface area contributed by atoms with E-state index in [0.717, 1.165) is 5.56 Å². The Kier molecular flexibility index (Phi) is 10.2. The summed E-state index contributed by atoms with van der Waals surface area (Å²) >= 11 is 6.13. The lowest BCUT2D eigenvalue weighted by atomic mass is 9.84. The zero-order chi connectivity index (χ0) is 17.5. The second-order valence-electron chi connectivity index (χ2n) is 5.69. The van der Waals surface area contributed by atoms with Gasteiger partial charge in [-0.25, -0.2) is 4.39 Å². The largest absolute Gasteiger partial charge is 0.469 e. The Morgan fingerprint density at radius 1 is 1.38 bits per heavy atom. The maximum atomic E-state index is 13.2. The summed E-state index contributed by atoms with van der Waals surface area (Å²) < 4.78 is 17.7. The van der Waals surface area contributed by atoms with Gasteiger partial charge in [0, 0.05) is 30.6 Å². The van der Waals surface area contributed by atoms with E-state index < -0.39 is 0 Å². The fraction of sp³-hybridized carbons (Fsp3) is 0.500. The molecule has 0 amide bonds. The van der Waals surface area contributed by atoms with Crippen LogP contribution in [0.5, 0.6) is 0 Å². The van der Waals surface area contributed by atoms with E-state index in [9.17, 15) is 9.18 Å². The summed E-state index contributed by atoms with van der Waals surface area (Å²) in [4.78, 5) is 15.2. The smallest absolute Gasteiger partial charge is 0.307 e. The average molecular weight is 472 g/mol.